The smallest absolute Gasteiger partial charge is 0.254 e. The SMILES string of the molecule is Cc1cc(C(=O)N(C)Cc2ccc(C)s2)c2ccc(F)cc2n1. The molecule has 0 atom stereocenters. The molecule has 2 heterocycles. The number of carbonyl (C=O) groups excluding carboxylic acids is 1. The van der Waals surface area contributed by atoms with Crippen LogP contribution < -0.4 is 0 Å². The summed E-state index contributed by atoms with van der Waals surface area (Å²) < 4.78 is 13.4. The van der Waals surface area contributed by atoms with Gasteiger partial charge < -0.3 is 4.90 Å². The lowest BCUT2D eigenvalue weighted by Gasteiger charge is -2.18. The number of hydrogen-bond acceptors (Lipinski definition) is 3. The molecule has 0 saturated heterocycles. The minimum absolute atomic E-state index is 0.0850. The van der Waals surface area contributed by atoms with Gasteiger partial charge in [-0.25, -0.2) is 4.39 Å². The van der Waals surface area contributed by atoms with Gasteiger partial charge in [0.05, 0.1) is 17.6 Å². The van der Waals surface area contributed by atoms with Gasteiger partial charge in [0, 0.05) is 33.9 Å². The number of amides is 1. The molecule has 3 rings (SSSR count). The summed E-state index contributed by atoms with van der Waals surface area (Å²) >= 11 is 1.68. The first-order valence-corrected chi connectivity index (χ1v) is 8.13. The normalized spacial score (nSPS) is 11.0. The van der Waals surface area contributed by atoms with Crippen molar-refractivity contribution in [3.8, 4) is 0 Å². The Morgan fingerprint density at radius 2 is 2.00 bits per heavy atom. The lowest BCUT2D eigenvalue weighted by molar-refractivity contribution is 0.0788. The average Bonchev–Trinajstić information content (AvgIpc) is 2.90. The van der Waals surface area contributed by atoms with Gasteiger partial charge >= 0.3 is 0 Å². The Labute approximate surface area is 138 Å². The van der Waals surface area contributed by atoms with Crippen molar-refractivity contribution in [2.24, 2.45) is 0 Å². The van der Waals surface area contributed by atoms with E-state index in [1.807, 2.05) is 26.0 Å². The molecular formula is C18H17FN2OS. The molecule has 0 saturated carbocycles. The molecule has 0 spiro atoms. The second kappa shape index (κ2) is 6.08. The van der Waals surface area contributed by atoms with E-state index in [4.69, 9.17) is 0 Å². The van der Waals surface area contributed by atoms with E-state index in [0.717, 1.165) is 4.88 Å². The third kappa shape index (κ3) is 3.24. The van der Waals surface area contributed by atoms with Gasteiger partial charge in [-0.1, -0.05) is 0 Å². The molecule has 0 aliphatic carbocycles. The summed E-state index contributed by atoms with van der Waals surface area (Å²) in [6.07, 6.45) is 0. The first kappa shape index (κ1) is 15.6. The average molecular weight is 328 g/mol. The van der Waals surface area contributed by atoms with Gasteiger partial charge in [-0.3, -0.25) is 9.78 Å². The number of aromatic nitrogens is 1. The topological polar surface area (TPSA) is 33.2 Å². The van der Waals surface area contributed by atoms with Crippen molar-refractivity contribution in [2.75, 3.05) is 7.05 Å². The fourth-order valence-electron chi connectivity index (χ4n) is 2.59. The number of rotatable bonds is 3. The Balaban J connectivity index is 1.96. The molecule has 1 amide bonds. The lowest BCUT2D eigenvalue weighted by atomic mass is 10.1. The van der Waals surface area contributed by atoms with E-state index >= 15 is 0 Å². The number of pyridine rings is 1. The van der Waals surface area contributed by atoms with Gasteiger partial charge in [0.25, 0.3) is 5.91 Å². The van der Waals surface area contributed by atoms with Crippen LogP contribution in [0, 0.1) is 19.7 Å². The van der Waals surface area contributed by atoms with Gasteiger partial charge in [0.2, 0.25) is 0 Å². The minimum atomic E-state index is -0.351. The van der Waals surface area contributed by atoms with E-state index in [1.165, 1.54) is 17.0 Å². The van der Waals surface area contributed by atoms with Crippen LogP contribution in [0.4, 0.5) is 4.39 Å². The Morgan fingerprint density at radius 1 is 1.22 bits per heavy atom. The predicted molar refractivity (Wildman–Crippen MR) is 91.3 cm³/mol. The standard InChI is InChI=1S/C18H17FN2OS/c1-11-8-16(15-7-5-13(19)9-17(15)20-11)18(22)21(3)10-14-6-4-12(2)23-14/h4-9H,10H2,1-3H3. The Kier molecular flexibility index (Phi) is 4.13. The maximum atomic E-state index is 13.4. The molecule has 5 heteroatoms. The van der Waals surface area contributed by atoms with E-state index < -0.39 is 0 Å². The summed E-state index contributed by atoms with van der Waals surface area (Å²) in [6, 6.07) is 10.2. The largest absolute Gasteiger partial charge is 0.337 e. The molecule has 0 N–H and O–H groups in total. The quantitative estimate of drug-likeness (QED) is 0.717. The number of aryl methyl sites for hydroxylation is 2. The highest BCUT2D eigenvalue weighted by molar-refractivity contribution is 7.11. The molecule has 0 aliphatic rings. The van der Waals surface area contributed by atoms with E-state index in [-0.39, 0.29) is 11.7 Å². The van der Waals surface area contributed by atoms with Crippen LogP contribution >= 0.6 is 11.3 Å². The maximum absolute atomic E-state index is 13.4. The van der Waals surface area contributed by atoms with Crippen LogP contribution in [0.1, 0.15) is 25.8 Å². The summed E-state index contributed by atoms with van der Waals surface area (Å²) in [6.45, 7) is 4.41. The molecule has 0 radical (unpaired) electrons. The van der Waals surface area contributed by atoms with Crippen molar-refractivity contribution < 1.29 is 9.18 Å². The zero-order valence-corrected chi connectivity index (χ0v) is 14.1. The van der Waals surface area contributed by atoms with Crippen molar-refractivity contribution >= 4 is 28.1 Å². The van der Waals surface area contributed by atoms with E-state index in [9.17, 15) is 9.18 Å². The molecule has 0 unspecified atom stereocenters. The second-order valence-electron chi connectivity index (χ2n) is 5.65. The highest BCUT2D eigenvalue weighted by Gasteiger charge is 2.17. The van der Waals surface area contributed by atoms with Crippen molar-refractivity contribution in [1.29, 1.82) is 0 Å². The first-order chi connectivity index (χ1) is 10.9. The number of carbonyl (C=O) groups is 1. The summed E-state index contributed by atoms with van der Waals surface area (Å²) in [4.78, 5) is 21.2. The Bertz CT molecular complexity index is 883. The first-order valence-electron chi connectivity index (χ1n) is 7.32. The number of nitrogens with zero attached hydrogens (tertiary/aromatic N) is 2. The molecule has 3 aromatic rings. The molecule has 118 valence electrons. The summed E-state index contributed by atoms with van der Waals surface area (Å²) in [5, 5.41) is 0.677. The number of thiophene rings is 1. The zero-order valence-electron chi connectivity index (χ0n) is 13.3. The summed E-state index contributed by atoms with van der Waals surface area (Å²) in [5.41, 5.74) is 1.77. The van der Waals surface area contributed by atoms with Crippen molar-refractivity contribution in [3.63, 3.8) is 0 Å². The number of benzene rings is 1. The molecule has 3 nitrogen and oxygen atoms in total. The van der Waals surface area contributed by atoms with Crippen LogP contribution in [-0.2, 0) is 6.54 Å². The van der Waals surface area contributed by atoms with Crippen LogP contribution in [0.3, 0.4) is 0 Å². The second-order valence-corrected chi connectivity index (χ2v) is 7.02. The number of halogens is 1. The Hall–Kier alpha value is -2.27. The summed E-state index contributed by atoms with van der Waals surface area (Å²) in [7, 11) is 1.78. The Morgan fingerprint density at radius 3 is 2.70 bits per heavy atom. The molecule has 1 aromatic carbocycles. The van der Waals surface area contributed by atoms with Crippen LogP contribution in [0.5, 0.6) is 0 Å². The van der Waals surface area contributed by atoms with Crippen LogP contribution in [0.15, 0.2) is 36.4 Å². The monoisotopic (exact) mass is 328 g/mol. The fourth-order valence-corrected chi connectivity index (χ4v) is 3.54. The van der Waals surface area contributed by atoms with Gasteiger partial charge in [0.1, 0.15) is 5.82 Å². The zero-order chi connectivity index (χ0) is 16.6. The molecule has 0 aliphatic heterocycles. The van der Waals surface area contributed by atoms with Gasteiger partial charge in [-0.05, 0) is 44.2 Å². The third-order valence-corrected chi connectivity index (χ3v) is 4.65. The molecule has 0 fully saturated rings. The van der Waals surface area contributed by atoms with Crippen LogP contribution in [0.2, 0.25) is 0 Å². The summed E-state index contributed by atoms with van der Waals surface area (Å²) in [5.74, 6) is -0.436. The molecule has 0 bridgehead atoms. The highest BCUT2D eigenvalue weighted by atomic mass is 32.1. The van der Waals surface area contributed by atoms with Gasteiger partial charge in [-0.15, -0.1) is 11.3 Å². The van der Waals surface area contributed by atoms with E-state index in [1.54, 1.807) is 35.4 Å². The fraction of sp³-hybridized carbons (Fsp3) is 0.222. The maximum Gasteiger partial charge on any atom is 0.254 e. The van der Waals surface area contributed by atoms with Crippen molar-refractivity contribution in [3.05, 3.63) is 63.2 Å². The molecule has 23 heavy (non-hydrogen) atoms. The number of hydrogen-bond donors (Lipinski definition) is 0. The van der Waals surface area contributed by atoms with Crippen LogP contribution in [-0.4, -0.2) is 22.8 Å². The predicted octanol–water partition coefficient (Wildman–Crippen LogP) is 4.32. The highest BCUT2D eigenvalue weighted by Crippen LogP contribution is 2.22. The van der Waals surface area contributed by atoms with E-state index in [0.29, 0.717) is 28.7 Å². The molecular weight excluding hydrogens is 311 g/mol. The van der Waals surface area contributed by atoms with E-state index in [2.05, 4.69) is 4.98 Å². The van der Waals surface area contributed by atoms with Crippen molar-refractivity contribution in [1.82, 2.24) is 9.88 Å². The van der Waals surface area contributed by atoms with Gasteiger partial charge in [-0.2, -0.15) is 0 Å². The van der Waals surface area contributed by atoms with Crippen molar-refractivity contribution in [2.45, 2.75) is 20.4 Å². The lowest BCUT2D eigenvalue weighted by Crippen LogP contribution is -2.26. The third-order valence-electron chi connectivity index (χ3n) is 3.67. The number of fused-ring (bicyclic) bond motifs is 1. The molecule has 2 aromatic heterocycles. The van der Waals surface area contributed by atoms with Gasteiger partial charge in [0.15, 0.2) is 0 Å². The minimum Gasteiger partial charge on any atom is -0.337 e. The van der Waals surface area contributed by atoms with Crippen LogP contribution in [0.25, 0.3) is 10.9 Å².